The van der Waals surface area contributed by atoms with E-state index in [1.807, 2.05) is 38.1 Å². The number of rotatable bonds is 9. The van der Waals surface area contributed by atoms with Gasteiger partial charge in [0.15, 0.2) is 0 Å². The lowest BCUT2D eigenvalue weighted by Gasteiger charge is -2.31. The first-order valence-corrected chi connectivity index (χ1v) is 7.96. The second-order valence-corrected chi connectivity index (χ2v) is 5.65. The predicted molar refractivity (Wildman–Crippen MR) is 86.7 cm³/mol. The summed E-state index contributed by atoms with van der Waals surface area (Å²) >= 11 is 0. The van der Waals surface area contributed by atoms with E-state index in [2.05, 4.69) is 10.6 Å². The van der Waals surface area contributed by atoms with Crippen LogP contribution in [0.3, 0.4) is 0 Å². The molecule has 0 bridgehead atoms. The summed E-state index contributed by atoms with van der Waals surface area (Å²) in [6, 6.07) is 7.81. The van der Waals surface area contributed by atoms with Crippen LogP contribution in [0.2, 0.25) is 0 Å². The van der Waals surface area contributed by atoms with Crippen molar-refractivity contribution in [3.8, 4) is 0 Å². The summed E-state index contributed by atoms with van der Waals surface area (Å²) in [4.78, 5) is 12.2. The second-order valence-electron chi connectivity index (χ2n) is 5.65. The number of benzene rings is 1. The molecule has 2 rings (SSSR count). The zero-order valence-corrected chi connectivity index (χ0v) is 13.4. The number of anilines is 1. The van der Waals surface area contributed by atoms with E-state index in [9.17, 15) is 4.79 Å². The maximum atomic E-state index is 12.2. The highest BCUT2D eigenvalue weighted by Crippen LogP contribution is 2.19. The minimum atomic E-state index is 0.0346. The van der Waals surface area contributed by atoms with E-state index >= 15 is 0 Å². The Morgan fingerprint density at radius 3 is 2.82 bits per heavy atom. The molecule has 1 amide bonds. The first-order valence-electron chi connectivity index (χ1n) is 7.96. The Morgan fingerprint density at radius 1 is 1.36 bits per heavy atom. The van der Waals surface area contributed by atoms with Gasteiger partial charge in [0.05, 0.1) is 19.8 Å². The maximum Gasteiger partial charge on any atom is 0.227 e. The van der Waals surface area contributed by atoms with E-state index < -0.39 is 0 Å². The molecule has 0 spiro atoms. The molecule has 0 saturated carbocycles. The molecule has 1 aromatic carbocycles. The van der Waals surface area contributed by atoms with Crippen molar-refractivity contribution in [3.05, 3.63) is 29.8 Å². The highest BCUT2D eigenvalue weighted by Gasteiger charge is 2.28. The molecule has 1 aliphatic rings. The van der Waals surface area contributed by atoms with Gasteiger partial charge < -0.3 is 20.1 Å². The molecule has 5 heteroatoms. The first kappa shape index (κ1) is 16.9. The summed E-state index contributed by atoms with van der Waals surface area (Å²) in [6.45, 7) is 8.24. The summed E-state index contributed by atoms with van der Waals surface area (Å²) in [7, 11) is 0. The van der Waals surface area contributed by atoms with Crippen molar-refractivity contribution in [1.82, 2.24) is 5.32 Å². The van der Waals surface area contributed by atoms with Gasteiger partial charge in [-0.3, -0.25) is 4.79 Å². The van der Waals surface area contributed by atoms with Crippen molar-refractivity contribution >= 4 is 11.6 Å². The number of hydrogen-bond acceptors (Lipinski definition) is 4. The van der Waals surface area contributed by atoms with Crippen LogP contribution >= 0.6 is 0 Å². The lowest BCUT2D eigenvalue weighted by molar-refractivity contribution is -0.121. The van der Waals surface area contributed by atoms with Gasteiger partial charge >= 0.3 is 0 Å². The van der Waals surface area contributed by atoms with Crippen LogP contribution in [-0.2, 0) is 20.9 Å². The minimum Gasteiger partial charge on any atom is -0.379 e. The molecule has 22 heavy (non-hydrogen) atoms. The van der Waals surface area contributed by atoms with Gasteiger partial charge in [-0.2, -0.15) is 0 Å². The van der Waals surface area contributed by atoms with Gasteiger partial charge in [0, 0.05) is 18.2 Å². The number of nitrogens with one attached hydrogen (secondary N) is 2. The smallest absolute Gasteiger partial charge is 0.227 e. The third-order valence-electron chi connectivity index (χ3n) is 3.97. The summed E-state index contributed by atoms with van der Waals surface area (Å²) in [5.41, 5.74) is 1.88. The molecule has 1 atom stereocenters. The van der Waals surface area contributed by atoms with Gasteiger partial charge in [-0.1, -0.05) is 19.1 Å². The number of amides is 1. The standard InChI is InChI=1S/C17H26N2O3/c1-3-21-7-8-22-12-14-5-4-6-16(9-14)19-17(20)13(2)15-10-18-11-15/h4-6,9,13,15,18H,3,7-8,10-12H2,1-2H3,(H,19,20). The zero-order valence-electron chi connectivity index (χ0n) is 13.4. The van der Waals surface area contributed by atoms with E-state index in [0.29, 0.717) is 32.3 Å². The summed E-state index contributed by atoms with van der Waals surface area (Å²) in [6.07, 6.45) is 0. The monoisotopic (exact) mass is 306 g/mol. The second kappa shape index (κ2) is 8.88. The van der Waals surface area contributed by atoms with Crippen molar-refractivity contribution in [2.24, 2.45) is 11.8 Å². The molecule has 2 N–H and O–H groups in total. The van der Waals surface area contributed by atoms with Crippen LogP contribution < -0.4 is 10.6 Å². The molecule has 1 aliphatic heterocycles. The fourth-order valence-corrected chi connectivity index (χ4v) is 2.33. The zero-order chi connectivity index (χ0) is 15.8. The van der Waals surface area contributed by atoms with Crippen LogP contribution in [0.15, 0.2) is 24.3 Å². The normalized spacial score (nSPS) is 16.1. The molecule has 0 aliphatic carbocycles. The Balaban J connectivity index is 1.78. The molecule has 0 radical (unpaired) electrons. The molecule has 0 aromatic heterocycles. The molecule has 1 fully saturated rings. The Labute approximate surface area is 132 Å². The molecular formula is C17H26N2O3. The van der Waals surface area contributed by atoms with Crippen molar-refractivity contribution in [2.45, 2.75) is 20.5 Å². The number of carbonyl (C=O) groups is 1. The van der Waals surface area contributed by atoms with Crippen LogP contribution in [0.5, 0.6) is 0 Å². The van der Waals surface area contributed by atoms with Crippen LogP contribution in [0.25, 0.3) is 0 Å². The molecule has 1 heterocycles. The SMILES string of the molecule is CCOCCOCc1cccc(NC(=O)C(C)C2CNC2)c1. The third-order valence-corrected chi connectivity index (χ3v) is 3.97. The Bertz CT molecular complexity index is 475. The number of ether oxygens (including phenoxy) is 2. The number of hydrogen-bond donors (Lipinski definition) is 2. The molecule has 1 saturated heterocycles. The fraction of sp³-hybridized carbons (Fsp3) is 0.588. The van der Waals surface area contributed by atoms with E-state index in [4.69, 9.17) is 9.47 Å². The lowest BCUT2D eigenvalue weighted by atomic mass is 9.88. The van der Waals surface area contributed by atoms with Crippen molar-refractivity contribution < 1.29 is 14.3 Å². The van der Waals surface area contributed by atoms with Crippen molar-refractivity contribution in [1.29, 1.82) is 0 Å². The molecule has 122 valence electrons. The van der Waals surface area contributed by atoms with Crippen LogP contribution in [0, 0.1) is 11.8 Å². The highest BCUT2D eigenvalue weighted by atomic mass is 16.5. The van der Waals surface area contributed by atoms with Crippen molar-refractivity contribution in [3.63, 3.8) is 0 Å². The van der Waals surface area contributed by atoms with Gasteiger partial charge in [-0.15, -0.1) is 0 Å². The largest absolute Gasteiger partial charge is 0.379 e. The summed E-state index contributed by atoms with van der Waals surface area (Å²) < 4.78 is 10.8. The van der Waals surface area contributed by atoms with Gasteiger partial charge in [0.2, 0.25) is 5.91 Å². The van der Waals surface area contributed by atoms with Gasteiger partial charge in [-0.25, -0.2) is 0 Å². The average molecular weight is 306 g/mol. The molecule has 1 unspecified atom stereocenters. The predicted octanol–water partition coefficient (Wildman–Crippen LogP) is 2.03. The lowest BCUT2D eigenvalue weighted by Crippen LogP contribution is -2.48. The van der Waals surface area contributed by atoms with E-state index in [-0.39, 0.29) is 11.8 Å². The third kappa shape index (κ3) is 5.09. The van der Waals surface area contributed by atoms with Gasteiger partial charge in [0.1, 0.15) is 0 Å². The van der Waals surface area contributed by atoms with Crippen molar-refractivity contribution in [2.75, 3.05) is 38.2 Å². The van der Waals surface area contributed by atoms with E-state index in [0.717, 1.165) is 24.3 Å². The highest BCUT2D eigenvalue weighted by molar-refractivity contribution is 5.92. The van der Waals surface area contributed by atoms with E-state index in [1.165, 1.54) is 0 Å². The van der Waals surface area contributed by atoms with E-state index in [1.54, 1.807) is 0 Å². The first-order chi connectivity index (χ1) is 10.7. The molecular weight excluding hydrogens is 280 g/mol. The average Bonchev–Trinajstić information content (AvgIpc) is 2.45. The fourth-order valence-electron chi connectivity index (χ4n) is 2.33. The maximum absolute atomic E-state index is 12.2. The summed E-state index contributed by atoms with van der Waals surface area (Å²) in [5, 5.41) is 6.20. The van der Waals surface area contributed by atoms with Crippen LogP contribution in [-0.4, -0.2) is 38.8 Å². The van der Waals surface area contributed by atoms with Gasteiger partial charge in [-0.05, 0) is 43.6 Å². The van der Waals surface area contributed by atoms with Crippen LogP contribution in [0.1, 0.15) is 19.4 Å². The quantitative estimate of drug-likeness (QED) is 0.685. The topological polar surface area (TPSA) is 59.6 Å². The minimum absolute atomic E-state index is 0.0346. The van der Waals surface area contributed by atoms with Gasteiger partial charge in [0.25, 0.3) is 0 Å². The number of carbonyl (C=O) groups excluding carboxylic acids is 1. The Kier molecular flexibility index (Phi) is 6.83. The Hall–Kier alpha value is -1.43. The van der Waals surface area contributed by atoms with Crippen LogP contribution in [0.4, 0.5) is 5.69 Å². The Morgan fingerprint density at radius 2 is 2.14 bits per heavy atom. The molecule has 5 nitrogen and oxygen atoms in total. The molecule has 1 aromatic rings. The summed E-state index contributed by atoms with van der Waals surface area (Å²) in [5.74, 6) is 0.568.